The summed E-state index contributed by atoms with van der Waals surface area (Å²) in [6.45, 7) is 33.8. The molecule has 4 heteroatoms. The lowest BCUT2D eigenvalue weighted by molar-refractivity contribution is 0.814. The molecule has 0 rings (SSSR count). The van der Waals surface area contributed by atoms with Crippen LogP contribution in [0.2, 0.25) is 84.4 Å². The Kier molecular flexibility index (Phi) is 11.1. The highest BCUT2D eigenvalue weighted by molar-refractivity contribution is 7.04. The van der Waals surface area contributed by atoms with E-state index in [1.54, 1.807) is 23.4 Å². The molecular weight excluding hydrogens is 389 g/mol. The number of hydrogen-bond donors (Lipinski definition) is 0. The van der Waals surface area contributed by atoms with Gasteiger partial charge in [-0.2, -0.15) is 0 Å². The van der Waals surface area contributed by atoms with E-state index in [1.165, 1.54) is 18.1 Å². The molecule has 0 fully saturated rings. The monoisotopic (exact) mass is 444 g/mol. The minimum atomic E-state index is -1.25. The molecule has 0 saturated heterocycles. The van der Waals surface area contributed by atoms with Gasteiger partial charge in [0.15, 0.2) is 0 Å². The van der Waals surface area contributed by atoms with Gasteiger partial charge in [-0.1, -0.05) is 147 Å². The molecule has 0 bridgehead atoms. The SMILES string of the molecule is CC[Si](CC)(CC)CC[Si](C)(C)C[Si](C)(C)C[Si](C(C)C)(C(C)C)C(C)C. The largest absolute Gasteiger partial charge is 0.0698 e. The quantitative estimate of drug-likeness (QED) is 0.248. The molecule has 0 amide bonds. The zero-order valence-electron chi connectivity index (χ0n) is 21.7. The summed E-state index contributed by atoms with van der Waals surface area (Å²) in [6.07, 6.45) is 0. The van der Waals surface area contributed by atoms with E-state index in [-0.39, 0.29) is 0 Å². The van der Waals surface area contributed by atoms with Gasteiger partial charge in [0, 0.05) is 16.1 Å². The lowest BCUT2D eigenvalue weighted by Gasteiger charge is -2.48. The first-order chi connectivity index (χ1) is 12.1. The molecule has 0 atom stereocenters. The van der Waals surface area contributed by atoms with Crippen LogP contribution in [0.5, 0.6) is 0 Å². The maximum Gasteiger partial charge on any atom is 0.0586 e. The molecule has 0 unspecified atom stereocenters. The van der Waals surface area contributed by atoms with Gasteiger partial charge in [0.05, 0.1) is 16.1 Å². The molecule has 0 N–H and O–H groups in total. The van der Waals surface area contributed by atoms with Crippen LogP contribution in [0.3, 0.4) is 0 Å². The molecule has 0 aliphatic carbocycles. The van der Waals surface area contributed by atoms with Crippen LogP contribution in [0.15, 0.2) is 0 Å². The van der Waals surface area contributed by atoms with Crippen LogP contribution in [0.25, 0.3) is 0 Å². The van der Waals surface area contributed by atoms with Gasteiger partial charge in [0.25, 0.3) is 0 Å². The second-order valence-electron chi connectivity index (χ2n) is 12.3. The molecule has 27 heavy (non-hydrogen) atoms. The minimum absolute atomic E-state index is 0.925. The summed E-state index contributed by atoms with van der Waals surface area (Å²) in [5.74, 6) is 0. The van der Waals surface area contributed by atoms with Crippen molar-refractivity contribution in [2.75, 3.05) is 0 Å². The summed E-state index contributed by atoms with van der Waals surface area (Å²) >= 11 is 0. The summed E-state index contributed by atoms with van der Waals surface area (Å²) in [6, 6.07) is 7.77. The van der Waals surface area contributed by atoms with E-state index in [0.717, 1.165) is 16.6 Å². The molecule has 0 aliphatic heterocycles. The van der Waals surface area contributed by atoms with E-state index in [1.807, 2.05) is 0 Å². The van der Waals surface area contributed by atoms with Gasteiger partial charge in [0.2, 0.25) is 0 Å². The van der Waals surface area contributed by atoms with E-state index < -0.39 is 32.3 Å². The third kappa shape index (κ3) is 7.56. The Bertz CT molecular complexity index is 390. The molecule has 0 nitrogen and oxygen atoms in total. The van der Waals surface area contributed by atoms with Crippen LogP contribution in [0.4, 0.5) is 0 Å². The van der Waals surface area contributed by atoms with E-state index in [9.17, 15) is 0 Å². The summed E-state index contributed by atoms with van der Waals surface area (Å²) < 4.78 is 0. The molecule has 0 aromatic heterocycles. The highest BCUT2D eigenvalue weighted by Gasteiger charge is 2.47. The summed E-state index contributed by atoms with van der Waals surface area (Å²) in [5.41, 5.74) is 6.11. The Morgan fingerprint density at radius 2 is 0.889 bits per heavy atom. The fourth-order valence-electron chi connectivity index (χ4n) is 6.77. The van der Waals surface area contributed by atoms with Gasteiger partial charge < -0.3 is 0 Å². The summed E-state index contributed by atoms with van der Waals surface area (Å²) in [5, 5.41) is 0. The summed E-state index contributed by atoms with van der Waals surface area (Å²) in [7, 11) is -4.43. The van der Waals surface area contributed by atoms with Gasteiger partial charge in [-0.05, 0) is 0 Å². The zero-order valence-corrected chi connectivity index (χ0v) is 25.7. The fraction of sp³-hybridized carbons (Fsp3) is 1.00. The van der Waals surface area contributed by atoms with Crippen LogP contribution in [0, 0.1) is 0 Å². The van der Waals surface area contributed by atoms with Crippen LogP contribution < -0.4 is 0 Å². The predicted octanol–water partition coefficient (Wildman–Crippen LogP) is 9.67. The first kappa shape index (κ1) is 27.9. The molecule has 0 heterocycles. The number of rotatable bonds is 13. The third-order valence-electron chi connectivity index (χ3n) is 8.55. The van der Waals surface area contributed by atoms with Crippen LogP contribution >= 0.6 is 0 Å². The van der Waals surface area contributed by atoms with Crippen molar-refractivity contribution in [3.63, 3.8) is 0 Å². The normalized spacial score (nSPS) is 14.7. The predicted molar refractivity (Wildman–Crippen MR) is 142 cm³/mol. The molecular formula is C23H56Si4. The lowest BCUT2D eigenvalue weighted by Crippen LogP contribution is -2.53. The van der Waals surface area contributed by atoms with Crippen LogP contribution in [-0.2, 0) is 0 Å². The van der Waals surface area contributed by atoms with Crippen molar-refractivity contribution in [3.8, 4) is 0 Å². The first-order valence-electron chi connectivity index (χ1n) is 12.1. The van der Waals surface area contributed by atoms with Gasteiger partial charge in [-0.3, -0.25) is 0 Å². The highest BCUT2D eigenvalue weighted by Crippen LogP contribution is 2.48. The van der Waals surface area contributed by atoms with Gasteiger partial charge in [-0.25, -0.2) is 0 Å². The van der Waals surface area contributed by atoms with Crippen molar-refractivity contribution < 1.29 is 0 Å². The average molecular weight is 445 g/mol. The maximum atomic E-state index is 2.76. The van der Waals surface area contributed by atoms with Crippen molar-refractivity contribution in [1.29, 1.82) is 0 Å². The molecule has 0 aliphatic rings. The van der Waals surface area contributed by atoms with E-state index in [0.29, 0.717) is 0 Å². The smallest absolute Gasteiger partial charge is 0.0586 e. The second-order valence-corrected chi connectivity index (χ2v) is 35.6. The Morgan fingerprint density at radius 1 is 0.519 bits per heavy atom. The van der Waals surface area contributed by atoms with Crippen molar-refractivity contribution in [1.82, 2.24) is 0 Å². The number of hydrogen-bond acceptors (Lipinski definition) is 0. The molecule has 0 aromatic carbocycles. The minimum Gasteiger partial charge on any atom is -0.0698 e. The molecule has 0 radical (unpaired) electrons. The molecule has 0 spiro atoms. The van der Waals surface area contributed by atoms with E-state index in [2.05, 4.69) is 88.5 Å². The maximum absolute atomic E-state index is 2.76. The van der Waals surface area contributed by atoms with E-state index >= 15 is 0 Å². The fourth-order valence-corrected chi connectivity index (χ4v) is 42.4. The standard InChI is InChI=1S/C23H56Si4/c1-14-26(15-2,16-3)18-17-24(10,11)19-25(12,13)20-27(21(4)5,22(6)7)23(8)9/h21-23H,14-20H2,1-13H3. The van der Waals surface area contributed by atoms with Crippen molar-refractivity contribution in [2.45, 2.75) is 147 Å². The van der Waals surface area contributed by atoms with Crippen LogP contribution in [-0.4, -0.2) is 32.3 Å². The average Bonchev–Trinajstić information content (AvgIpc) is 2.52. The third-order valence-corrected chi connectivity index (χ3v) is 36.8. The highest BCUT2D eigenvalue weighted by atomic mass is 28.4. The van der Waals surface area contributed by atoms with Crippen LogP contribution in [0.1, 0.15) is 62.3 Å². The first-order valence-corrected chi connectivity index (χ1v) is 24.2. The Hall–Kier alpha value is 0.868. The van der Waals surface area contributed by atoms with Crippen molar-refractivity contribution in [2.24, 2.45) is 0 Å². The molecule has 164 valence electrons. The van der Waals surface area contributed by atoms with Gasteiger partial charge in [0.1, 0.15) is 0 Å². The Balaban J connectivity index is 5.36. The Morgan fingerprint density at radius 3 is 1.19 bits per heavy atom. The Labute approximate surface area is 178 Å². The second kappa shape index (κ2) is 10.8. The van der Waals surface area contributed by atoms with Gasteiger partial charge in [-0.15, -0.1) is 0 Å². The zero-order chi connectivity index (χ0) is 21.7. The summed E-state index contributed by atoms with van der Waals surface area (Å²) in [4.78, 5) is 0. The lowest BCUT2D eigenvalue weighted by atomic mass is 10.5. The topological polar surface area (TPSA) is 0 Å². The van der Waals surface area contributed by atoms with Crippen molar-refractivity contribution >= 4 is 32.3 Å². The van der Waals surface area contributed by atoms with Gasteiger partial charge >= 0.3 is 0 Å². The van der Waals surface area contributed by atoms with E-state index in [4.69, 9.17) is 0 Å². The van der Waals surface area contributed by atoms with Crippen molar-refractivity contribution in [3.05, 3.63) is 0 Å². The molecule has 0 saturated carbocycles. The molecule has 0 aromatic rings.